The number of nitro groups is 1. The van der Waals surface area contributed by atoms with E-state index in [1.54, 1.807) is 18.2 Å². The number of H-pyrrole nitrogens is 1. The Morgan fingerprint density at radius 1 is 0.889 bits per heavy atom. The second-order valence-electron chi connectivity index (χ2n) is 6.68. The summed E-state index contributed by atoms with van der Waals surface area (Å²) in [5.74, 6) is 0. The minimum atomic E-state index is -0.369. The predicted octanol–water partition coefficient (Wildman–Crippen LogP) is 4.67. The van der Waals surface area contributed by atoms with Crippen molar-refractivity contribution in [3.05, 3.63) is 98.3 Å². The van der Waals surface area contributed by atoms with Crippen LogP contribution in [0.5, 0.6) is 0 Å². The van der Waals surface area contributed by atoms with Crippen molar-refractivity contribution in [2.24, 2.45) is 0 Å². The minimum absolute atomic E-state index is 0.0719. The largest absolute Gasteiger partial charge is 0.321 e. The van der Waals surface area contributed by atoms with Gasteiger partial charge in [0, 0.05) is 23.4 Å². The lowest BCUT2D eigenvalue weighted by Gasteiger charge is -2.07. The van der Waals surface area contributed by atoms with Crippen molar-refractivity contribution in [1.82, 2.24) is 4.98 Å². The summed E-state index contributed by atoms with van der Waals surface area (Å²) in [5.41, 5.74) is 5.25. The van der Waals surface area contributed by atoms with Crippen molar-refractivity contribution in [2.75, 3.05) is 0 Å². The fraction of sp³-hybridized carbons (Fsp3) is 0.0455. The Hall–Kier alpha value is -3.73. The van der Waals surface area contributed by atoms with Crippen LogP contribution in [-0.4, -0.2) is 9.91 Å². The van der Waals surface area contributed by atoms with E-state index in [9.17, 15) is 14.9 Å². The van der Waals surface area contributed by atoms with Crippen molar-refractivity contribution < 1.29 is 4.92 Å². The zero-order valence-electron chi connectivity index (χ0n) is 14.2. The lowest BCUT2D eigenvalue weighted by atomic mass is 9.99. The summed E-state index contributed by atoms with van der Waals surface area (Å²) in [7, 11) is 0. The van der Waals surface area contributed by atoms with Gasteiger partial charge in [-0.15, -0.1) is 0 Å². The van der Waals surface area contributed by atoms with Crippen molar-refractivity contribution in [3.8, 4) is 22.4 Å². The molecule has 5 nitrogen and oxygen atoms in total. The van der Waals surface area contributed by atoms with E-state index in [4.69, 9.17) is 0 Å². The summed E-state index contributed by atoms with van der Waals surface area (Å²) in [6.45, 7) is 0. The first-order chi connectivity index (χ1) is 13.1. The van der Waals surface area contributed by atoms with Gasteiger partial charge in [0.1, 0.15) is 0 Å². The van der Waals surface area contributed by atoms with Crippen LogP contribution in [-0.2, 0) is 6.42 Å². The molecule has 1 heterocycles. The SMILES string of the molecule is O=c1[nH]c2c(c3ccccc13)Cc1ccc(-c3ccccc3[N+](=O)[O-])cc1-2. The van der Waals surface area contributed by atoms with Gasteiger partial charge in [-0.3, -0.25) is 14.9 Å². The van der Waals surface area contributed by atoms with Gasteiger partial charge < -0.3 is 4.98 Å². The Morgan fingerprint density at radius 3 is 2.44 bits per heavy atom. The van der Waals surface area contributed by atoms with Crippen LogP contribution in [0.2, 0.25) is 0 Å². The molecular formula is C22H14N2O3. The first-order valence-corrected chi connectivity index (χ1v) is 8.64. The van der Waals surface area contributed by atoms with Crippen LogP contribution in [0.15, 0.2) is 71.5 Å². The highest BCUT2D eigenvalue weighted by molar-refractivity contribution is 5.93. The molecule has 0 radical (unpaired) electrons. The molecule has 0 amide bonds. The van der Waals surface area contributed by atoms with Gasteiger partial charge >= 0.3 is 0 Å². The summed E-state index contributed by atoms with van der Waals surface area (Å²) >= 11 is 0. The molecule has 4 aromatic rings. The number of rotatable bonds is 2. The summed E-state index contributed by atoms with van der Waals surface area (Å²) in [6, 6.07) is 20.1. The number of benzene rings is 3. The van der Waals surface area contributed by atoms with Gasteiger partial charge in [0.25, 0.3) is 11.2 Å². The quantitative estimate of drug-likeness (QED) is 0.369. The fourth-order valence-corrected chi connectivity index (χ4v) is 3.95. The van der Waals surface area contributed by atoms with Crippen LogP contribution in [0.1, 0.15) is 11.1 Å². The molecule has 1 aromatic heterocycles. The molecular weight excluding hydrogens is 340 g/mol. The highest BCUT2D eigenvalue weighted by Crippen LogP contribution is 2.41. The standard InChI is InChI=1S/C22H14N2O3/c25-22-17-7-2-1-6-16(17)19-12-14-10-9-13(11-18(14)21(19)23-22)15-5-3-4-8-20(15)24(26)27/h1-11H,12H2,(H,23,25). The smallest absolute Gasteiger partial charge is 0.277 e. The fourth-order valence-electron chi connectivity index (χ4n) is 3.95. The molecule has 0 spiro atoms. The third kappa shape index (κ3) is 2.29. The van der Waals surface area contributed by atoms with Crippen LogP contribution in [0.3, 0.4) is 0 Å². The topological polar surface area (TPSA) is 76.0 Å². The number of nitrogens with zero attached hydrogens (tertiary/aromatic N) is 1. The van der Waals surface area contributed by atoms with Crippen molar-refractivity contribution >= 4 is 16.5 Å². The summed E-state index contributed by atoms with van der Waals surface area (Å²) < 4.78 is 0. The number of pyridine rings is 1. The lowest BCUT2D eigenvalue weighted by molar-refractivity contribution is -0.384. The van der Waals surface area contributed by atoms with E-state index in [1.807, 2.05) is 42.5 Å². The molecule has 0 bridgehead atoms. The zero-order chi connectivity index (χ0) is 18.5. The van der Waals surface area contributed by atoms with E-state index < -0.39 is 0 Å². The Bertz CT molecular complexity index is 1300. The average Bonchev–Trinajstić information content (AvgIpc) is 3.06. The van der Waals surface area contributed by atoms with Crippen LogP contribution in [0, 0.1) is 10.1 Å². The summed E-state index contributed by atoms with van der Waals surface area (Å²) in [6.07, 6.45) is 0.735. The third-order valence-electron chi connectivity index (χ3n) is 5.20. The number of fused-ring (bicyclic) bond motifs is 5. The lowest BCUT2D eigenvalue weighted by Crippen LogP contribution is -2.08. The monoisotopic (exact) mass is 354 g/mol. The highest BCUT2D eigenvalue weighted by Gasteiger charge is 2.24. The summed E-state index contributed by atoms with van der Waals surface area (Å²) in [4.78, 5) is 26.5. The van der Waals surface area contributed by atoms with Crippen LogP contribution in [0.25, 0.3) is 33.2 Å². The second-order valence-corrected chi connectivity index (χ2v) is 6.68. The van der Waals surface area contributed by atoms with Gasteiger partial charge in [-0.05, 0) is 40.3 Å². The number of aromatic amines is 1. The zero-order valence-corrected chi connectivity index (χ0v) is 14.2. The Balaban J connectivity index is 1.75. The molecule has 1 aliphatic rings. The van der Waals surface area contributed by atoms with E-state index in [0.29, 0.717) is 10.9 Å². The molecule has 27 heavy (non-hydrogen) atoms. The van der Waals surface area contributed by atoms with Gasteiger partial charge in [0.05, 0.1) is 16.2 Å². The normalized spacial score (nSPS) is 12.0. The van der Waals surface area contributed by atoms with Gasteiger partial charge in [-0.1, -0.05) is 42.5 Å². The molecule has 1 aliphatic carbocycles. The van der Waals surface area contributed by atoms with Gasteiger partial charge in [0.15, 0.2) is 0 Å². The maximum Gasteiger partial charge on any atom is 0.277 e. The maximum absolute atomic E-state index is 12.5. The molecule has 1 N–H and O–H groups in total. The maximum atomic E-state index is 12.5. The number of para-hydroxylation sites is 1. The second kappa shape index (κ2) is 5.64. The molecule has 0 unspecified atom stereocenters. The number of nitrogens with one attached hydrogen (secondary N) is 1. The predicted molar refractivity (Wildman–Crippen MR) is 105 cm³/mol. The minimum Gasteiger partial charge on any atom is -0.321 e. The molecule has 0 fully saturated rings. The van der Waals surface area contributed by atoms with E-state index in [-0.39, 0.29) is 16.2 Å². The highest BCUT2D eigenvalue weighted by atomic mass is 16.6. The number of hydrogen-bond acceptors (Lipinski definition) is 3. The molecule has 3 aromatic carbocycles. The molecule has 0 saturated heterocycles. The van der Waals surface area contributed by atoms with E-state index in [1.165, 1.54) is 6.07 Å². The van der Waals surface area contributed by atoms with Crippen LogP contribution < -0.4 is 5.56 Å². The number of aromatic nitrogens is 1. The average molecular weight is 354 g/mol. The van der Waals surface area contributed by atoms with Gasteiger partial charge in [-0.25, -0.2) is 0 Å². The number of nitro benzene ring substituents is 1. The van der Waals surface area contributed by atoms with E-state index in [0.717, 1.165) is 39.8 Å². The van der Waals surface area contributed by atoms with Crippen molar-refractivity contribution in [1.29, 1.82) is 0 Å². The Labute approximate surface area is 154 Å². The van der Waals surface area contributed by atoms with Crippen LogP contribution >= 0.6 is 0 Å². The first kappa shape index (κ1) is 15.5. The van der Waals surface area contributed by atoms with E-state index >= 15 is 0 Å². The van der Waals surface area contributed by atoms with Gasteiger partial charge in [-0.2, -0.15) is 0 Å². The Kier molecular flexibility index (Phi) is 3.24. The number of hydrogen-bond donors (Lipinski definition) is 1. The Morgan fingerprint density at radius 2 is 1.63 bits per heavy atom. The first-order valence-electron chi connectivity index (χ1n) is 8.64. The third-order valence-corrected chi connectivity index (χ3v) is 5.20. The van der Waals surface area contributed by atoms with Gasteiger partial charge in [0.2, 0.25) is 0 Å². The molecule has 0 atom stereocenters. The molecule has 0 saturated carbocycles. The molecule has 0 aliphatic heterocycles. The van der Waals surface area contributed by atoms with E-state index in [2.05, 4.69) is 4.98 Å². The van der Waals surface area contributed by atoms with Crippen molar-refractivity contribution in [3.63, 3.8) is 0 Å². The molecule has 5 rings (SSSR count). The van der Waals surface area contributed by atoms with Crippen LogP contribution in [0.4, 0.5) is 5.69 Å². The van der Waals surface area contributed by atoms with Crippen molar-refractivity contribution in [2.45, 2.75) is 6.42 Å². The molecule has 130 valence electrons. The summed E-state index contributed by atoms with van der Waals surface area (Å²) in [5, 5.41) is 13.0. The molecule has 5 heteroatoms.